The van der Waals surface area contributed by atoms with E-state index in [0.717, 1.165) is 5.56 Å². The zero-order valence-electron chi connectivity index (χ0n) is 16.9. The first kappa shape index (κ1) is 10.5. The second kappa shape index (κ2) is 8.32. The lowest BCUT2D eigenvalue weighted by Crippen LogP contribution is -2.33. The number of carboxylic acid groups (broad SMARTS) is 1. The quantitative estimate of drug-likeness (QED) is 0.786. The zero-order chi connectivity index (χ0) is 20.1. The van der Waals surface area contributed by atoms with Gasteiger partial charge in [-0.25, -0.2) is 0 Å². The number of hydrogen-bond acceptors (Lipinski definition) is 3. The van der Waals surface area contributed by atoms with Gasteiger partial charge in [-0.05, 0) is 17.5 Å². The van der Waals surface area contributed by atoms with Gasteiger partial charge in [0, 0.05) is 0 Å². The van der Waals surface area contributed by atoms with Crippen LogP contribution in [0.15, 0.2) is 60.5 Å². The number of aliphatic hydroxyl groups is 1. The summed E-state index contributed by atoms with van der Waals surface area (Å²) in [6.45, 7) is -0.0660. The third kappa shape index (κ3) is 4.98. The van der Waals surface area contributed by atoms with E-state index in [-0.39, 0.29) is 18.8 Å². The maximum atomic E-state index is 11.6. The van der Waals surface area contributed by atoms with Gasteiger partial charge in [0.05, 0.1) is 32.1 Å². The van der Waals surface area contributed by atoms with Crippen LogP contribution in [-0.2, 0) is 22.6 Å². The van der Waals surface area contributed by atoms with Crippen LogP contribution in [-0.4, -0.2) is 28.9 Å². The Morgan fingerprint density at radius 1 is 1.14 bits per heavy atom. The number of benzene rings is 2. The highest BCUT2D eigenvalue weighted by Gasteiger charge is 2.26. The first-order valence-electron chi connectivity index (χ1n) is 9.32. The third-order valence-electron chi connectivity index (χ3n) is 3.16. The Morgan fingerprint density at radius 2 is 1.82 bits per heavy atom. The van der Waals surface area contributed by atoms with Crippen molar-refractivity contribution in [3.05, 3.63) is 71.7 Å². The molecule has 22 heavy (non-hydrogen) atoms. The fourth-order valence-electron chi connectivity index (χ4n) is 1.97. The van der Waals surface area contributed by atoms with Crippen molar-refractivity contribution in [3.8, 4) is 0 Å². The molecule has 0 aliphatic heterocycles. The van der Waals surface area contributed by atoms with Crippen molar-refractivity contribution in [1.82, 2.24) is 0 Å². The molecule has 4 nitrogen and oxygen atoms in total. The minimum absolute atomic E-state index is 0.143. The molecular formula is C18H20O4. The molecule has 0 spiro atoms. The highest BCUT2D eigenvalue weighted by Crippen LogP contribution is 2.14. The molecule has 2 aromatic carbocycles. The maximum Gasteiger partial charge on any atom is 0.309 e. The standard InChI is InChI=1S/C18H20O4/c19-17(13-22-12-15-9-5-2-6-10-15)16(18(20)21)11-14-7-3-1-4-8-14/h1-10,16-17,19H,11-13H2,(H,20,21)/t16-,17+/m0/s1/i1D,3D,4D,7D,8D. The molecule has 0 radical (unpaired) electrons. The van der Waals surface area contributed by atoms with Crippen LogP contribution in [0, 0.1) is 5.92 Å². The van der Waals surface area contributed by atoms with Gasteiger partial charge in [0.15, 0.2) is 0 Å². The van der Waals surface area contributed by atoms with Crippen LogP contribution in [0.5, 0.6) is 0 Å². The highest BCUT2D eigenvalue weighted by atomic mass is 16.5. The largest absolute Gasteiger partial charge is 0.481 e. The summed E-state index contributed by atoms with van der Waals surface area (Å²) in [6.07, 6.45) is -1.80. The normalized spacial score (nSPS) is 16.7. The summed E-state index contributed by atoms with van der Waals surface area (Å²) in [5.41, 5.74) is 0.720. The van der Waals surface area contributed by atoms with Crippen LogP contribution in [0.25, 0.3) is 0 Å². The topological polar surface area (TPSA) is 66.8 Å². The summed E-state index contributed by atoms with van der Waals surface area (Å²) in [6, 6.07) is 6.60. The van der Waals surface area contributed by atoms with Crippen LogP contribution < -0.4 is 0 Å². The van der Waals surface area contributed by atoms with Gasteiger partial charge < -0.3 is 14.9 Å². The van der Waals surface area contributed by atoms with Crippen LogP contribution in [0.3, 0.4) is 0 Å². The number of hydrogen-bond donors (Lipinski definition) is 2. The molecule has 2 N–H and O–H groups in total. The number of carbonyl (C=O) groups is 1. The minimum Gasteiger partial charge on any atom is -0.481 e. The van der Waals surface area contributed by atoms with Crippen LogP contribution in [0.2, 0.25) is 0 Å². The van der Waals surface area contributed by atoms with E-state index in [4.69, 9.17) is 11.6 Å². The Morgan fingerprint density at radius 3 is 2.45 bits per heavy atom. The van der Waals surface area contributed by atoms with Gasteiger partial charge in [-0.3, -0.25) is 4.79 Å². The van der Waals surface area contributed by atoms with Crippen molar-refractivity contribution in [2.45, 2.75) is 19.1 Å². The Kier molecular flexibility index (Phi) is 3.98. The molecule has 4 heteroatoms. The van der Waals surface area contributed by atoms with E-state index >= 15 is 0 Å². The molecule has 0 amide bonds. The Labute approximate surface area is 137 Å². The lowest BCUT2D eigenvalue weighted by Gasteiger charge is -2.19. The fraction of sp³-hybridized carbons (Fsp3) is 0.278. The predicted octanol–water partition coefficient (Wildman–Crippen LogP) is 2.51. The lowest BCUT2D eigenvalue weighted by molar-refractivity contribution is -0.147. The van der Waals surface area contributed by atoms with Crippen molar-refractivity contribution in [2.24, 2.45) is 5.92 Å². The summed E-state index contributed by atoms with van der Waals surface area (Å²) >= 11 is 0. The highest BCUT2D eigenvalue weighted by molar-refractivity contribution is 5.71. The molecule has 0 heterocycles. The molecule has 0 aromatic heterocycles. The zero-order valence-corrected chi connectivity index (χ0v) is 11.9. The Bertz CT molecular complexity index is 784. The number of carboxylic acids is 1. The van der Waals surface area contributed by atoms with Crippen molar-refractivity contribution in [3.63, 3.8) is 0 Å². The van der Waals surface area contributed by atoms with Gasteiger partial charge in [-0.2, -0.15) is 0 Å². The monoisotopic (exact) mass is 305 g/mol. The van der Waals surface area contributed by atoms with E-state index in [9.17, 15) is 15.0 Å². The molecule has 0 saturated heterocycles. The Hall–Kier alpha value is -2.17. The van der Waals surface area contributed by atoms with Gasteiger partial charge in [-0.1, -0.05) is 60.5 Å². The Balaban J connectivity index is 2.13. The summed E-state index contributed by atoms with van der Waals surface area (Å²) in [5.74, 6) is -2.71. The average Bonchev–Trinajstić information content (AvgIpc) is 2.65. The van der Waals surface area contributed by atoms with Crippen LogP contribution in [0.4, 0.5) is 0 Å². The van der Waals surface area contributed by atoms with Crippen molar-refractivity contribution in [1.29, 1.82) is 0 Å². The van der Waals surface area contributed by atoms with Crippen molar-refractivity contribution < 1.29 is 26.6 Å². The molecule has 0 bridgehead atoms. The lowest BCUT2D eigenvalue weighted by atomic mass is 9.94. The fourth-order valence-corrected chi connectivity index (χ4v) is 1.97. The van der Waals surface area contributed by atoms with E-state index in [2.05, 4.69) is 0 Å². The van der Waals surface area contributed by atoms with Crippen LogP contribution >= 0.6 is 0 Å². The summed E-state index contributed by atoms with van der Waals surface area (Å²) in [7, 11) is 0. The molecule has 0 unspecified atom stereocenters. The number of rotatable bonds is 8. The van der Waals surface area contributed by atoms with Gasteiger partial charge in [-0.15, -0.1) is 0 Å². The summed E-state index contributed by atoms with van der Waals surface area (Å²) in [5, 5.41) is 19.7. The van der Waals surface area contributed by atoms with E-state index < -0.39 is 54.6 Å². The molecule has 2 atom stereocenters. The van der Waals surface area contributed by atoms with Gasteiger partial charge >= 0.3 is 5.97 Å². The summed E-state index contributed by atoms with van der Waals surface area (Å²) < 4.78 is 44.0. The molecule has 0 aliphatic carbocycles. The van der Waals surface area contributed by atoms with E-state index in [1.807, 2.05) is 30.3 Å². The van der Waals surface area contributed by atoms with Crippen molar-refractivity contribution >= 4 is 5.97 Å². The molecule has 0 aliphatic rings. The first-order chi connectivity index (χ1) is 12.7. The molecular weight excluding hydrogens is 280 g/mol. The van der Waals surface area contributed by atoms with E-state index in [1.54, 1.807) is 0 Å². The summed E-state index contributed by atoms with van der Waals surface area (Å²) in [4.78, 5) is 11.6. The molecule has 116 valence electrons. The van der Waals surface area contributed by atoms with Gasteiger partial charge in [0.1, 0.15) is 0 Å². The predicted molar refractivity (Wildman–Crippen MR) is 83.4 cm³/mol. The smallest absolute Gasteiger partial charge is 0.309 e. The number of aliphatic hydroxyl groups excluding tert-OH is 1. The SMILES string of the molecule is [2H]c1c([2H])c([2H])c(C[C@H](C(=O)O)[C@H](O)COCc2ccccc2)c([2H])c1[2H]. The van der Waals surface area contributed by atoms with Gasteiger partial charge in [0.2, 0.25) is 0 Å². The van der Waals surface area contributed by atoms with Crippen LogP contribution in [0.1, 0.15) is 18.0 Å². The number of ether oxygens (including phenoxy) is 1. The first-order valence-corrected chi connectivity index (χ1v) is 6.82. The maximum absolute atomic E-state index is 11.6. The van der Waals surface area contributed by atoms with E-state index in [0.29, 0.717) is 0 Å². The minimum atomic E-state index is -1.40. The average molecular weight is 305 g/mol. The second-order valence-electron chi connectivity index (χ2n) is 4.82. The van der Waals surface area contributed by atoms with Crippen molar-refractivity contribution in [2.75, 3.05) is 6.61 Å². The number of aliphatic carboxylic acids is 1. The molecule has 0 fully saturated rings. The molecule has 0 saturated carbocycles. The van der Waals surface area contributed by atoms with E-state index in [1.165, 1.54) is 0 Å². The molecule has 2 rings (SSSR count). The van der Waals surface area contributed by atoms with Gasteiger partial charge in [0.25, 0.3) is 0 Å². The third-order valence-corrected chi connectivity index (χ3v) is 3.16. The second-order valence-corrected chi connectivity index (χ2v) is 4.82. The molecule has 2 aromatic rings.